The Balaban J connectivity index is 1.49. The molecule has 0 unspecified atom stereocenters. The van der Waals surface area contributed by atoms with Crippen LogP contribution in [0.1, 0.15) is 27.8 Å². The molecule has 0 saturated carbocycles. The van der Waals surface area contributed by atoms with Crippen molar-refractivity contribution in [3.63, 3.8) is 0 Å². The van der Waals surface area contributed by atoms with Gasteiger partial charge in [-0.05, 0) is 56.3 Å². The fraction of sp³-hybridized carbons (Fsp3) is 0.0323. The summed E-state index contributed by atoms with van der Waals surface area (Å²) in [4.78, 5) is 0. The van der Waals surface area contributed by atoms with E-state index in [4.69, 9.17) is 0 Å². The Hall–Kier alpha value is -3.90. The molecule has 0 aromatic heterocycles. The van der Waals surface area contributed by atoms with Crippen molar-refractivity contribution >= 4 is 45.8 Å². The van der Waals surface area contributed by atoms with E-state index in [0.29, 0.717) is 0 Å². The Morgan fingerprint density at radius 2 is 0.774 bits per heavy atom. The predicted molar refractivity (Wildman–Crippen MR) is 137 cm³/mol. The molecule has 5 aromatic rings. The van der Waals surface area contributed by atoms with Gasteiger partial charge in [0.2, 0.25) is 0 Å². The van der Waals surface area contributed by atoms with Crippen LogP contribution in [0.3, 0.4) is 0 Å². The van der Waals surface area contributed by atoms with Gasteiger partial charge < -0.3 is 0 Å². The molecule has 0 saturated heterocycles. The minimum absolute atomic E-state index is 1.20. The molecule has 0 atom stereocenters. The Bertz CT molecular complexity index is 1340. The van der Waals surface area contributed by atoms with Crippen LogP contribution in [0.2, 0.25) is 0 Å². The smallest absolute Gasteiger partial charge is 0.00990 e. The number of hydrogen-bond donors (Lipinski definition) is 0. The Labute approximate surface area is 183 Å². The van der Waals surface area contributed by atoms with Gasteiger partial charge in [-0.15, -0.1) is 0 Å². The van der Waals surface area contributed by atoms with E-state index in [1.807, 2.05) is 6.07 Å². The summed E-state index contributed by atoms with van der Waals surface area (Å²) in [7, 11) is 0. The summed E-state index contributed by atoms with van der Waals surface area (Å²) < 4.78 is 0. The molecule has 0 spiro atoms. The summed E-state index contributed by atoms with van der Waals surface area (Å²) >= 11 is 0. The lowest BCUT2D eigenvalue weighted by atomic mass is 9.92. The fourth-order valence-electron chi connectivity index (χ4n) is 4.21. The number of fused-ring (bicyclic) bond motifs is 2. The Morgan fingerprint density at radius 3 is 1.29 bits per heavy atom. The first-order valence-corrected chi connectivity index (χ1v) is 10.7. The molecular weight excluding hydrogens is 372 g/mol. The maximum Gasteiger partial charge on any atom is -0.00990 e. The Kier molecular flexibility index (Phi) is 5.21. The standard InChI is InChI=1S/C31H24/c1-23-27-11-5-7-13-29(27)31(30-14-8-6-12-28(23)30)22-21-26-19-17-25(18-20-26)16-15-24-9-3-2-4-10-24/h2-22H,1H3. The van der Waals surface area contributed by atoms with Crippen molar-refractivity contribution in [1.29, 1.82) is 0 Å². The first-order valence-electron chi connectivity index (χ1n) is 10.7. The number of rotatable bonds is 4. The van der Waals surface area contributed by atoms with E-state index in [2.05, 4.69) is 128 Å². The molecule has 0 aliphatic carbocycles. The van der Waals surface area contributed by atoms with E-state index in [1.165, 1.54) is 49.4 Å². The molecule has 0 aliphatic heterocycles. The molecule has 0 heteroatoms. The molecule has 0 bridgehead atoms. The van der Waals surface area contributed by atoms with E-state index >= 15 is 0 Å². The summed E-state index contributed by atoms with van der Waals surface area (Å²) in [5, 5.41) is 5.25. The number of aryl methyl sites for hydroxylation is 1. The lowest BCUT2D eigenvalue weighted by Crippen LogP contribution is -1.88. The zero-order valence-corrected chi connectivity index (χ0v) is 17.6. The second-order valence-electron chi connectivity index (χ2n) is 7.87. The van der Waals surface area contributed by atoms with Crippen molar-refractivity contribution in [2.75, 3.05) is 0 Å². The van der Waals surface area contributed by atoms with E-state index in [9.17, 15) is 0 Å². The number of benzene rings is 5. The molecule has 0 N–H and O–H groups in total. The van der Waals surface area contributed by atoms with Gasteiger partial charge in [-0.2, -0.15) is 0 Å². The third-order valence-corrected chi connectivity index (χ3v) is 5.89. The third kappa shape index (κ3) is 3.93. The molecule has 148 valence electrons. The SMILES string of the molecule is Cc1c2ccccc2c(C=Cc2ccc(C=Cc3ccccc3)cc2)c2ccccc12. The maximum absolute atomic E-state index is 2.26. The topological polar surface area (TPSA) is 0 Å². The highest BCUT2D eigenvalue weighted by Crippen LogP contribution is 2.33. The highest BCUT2D eigenvalue weighted by molar-refractivity contribution is 6.10. The van der Waals surface area contributed by atoms with Crippen molar-refractivity contribution in [3.05, 3.63) is 131 Å². The molecule has 0 fully saturated rings. The van der Waals surface area contributed by atoms with Crippen LogP contribution < -0.4 is 0 Å². The molecule has 0 aliphatic rings. The fourth-order valence-corrected chi connectivity index (χ4v) is 4.21. The predicted octanol–water partition coefficient (Wildman–Crippen LogP) is 8.64. The third-order valence-electron chi connectivity index (χ3n) is 5.89. The molecule has 5 aromatic carbocycles. The highest BCUT2D eigenvalue weighted by atomic mass is 14.1. The van der Waals surface area contributed by atoms with E-state index in [0.717, 1.165) is 0 Å². The van der Waals surface area contributed by atoms with Crippen molar-refractivity contribution < 1.29 is 0 Å². The van der Waals surface area contributed by atoms with Crippen LogP contribution in [0.15, 0.2) is 103 Å². The summed E-state index contributed by atoms with van der Waals surface area (Å²) in [6.45, 7) is 2.22. The molecule has 31 heavy (non-hydrogen) atoms. The van der Waals surface area contributed by atoms with Crippen LogP contribution >= 0.6 is 0 Å². The lowest BCUT2D eigenvalue weighted by Gasteiger charge is -2.12. The summed E-state index contributed by atoms with van der Waals surface area (Å²) in [5.41, 5.74) is 6.24. The van der Waals surface area contributed by atoms with Crippen LogP contribution in [-0.4, -0.2) is 0 Å². The van der Waals surface area contributed by atoms with Crippen LogP contribution in [0.25, 0.3) is 45.8 Å². The molecular formula is C31H24. The van der Waals surface area contributed by atoms with Gasteiger partial charge in [0.1, 0.15) is 0 Å². The first kappa shape index (κ1) is 19.1. The summed E-state index contributed by atoms with van der Waals surface area (Å²) in [6, 6.07) is 36.5. The maximum atomic E-state index is 2.26. The largest absolute Gasteiger partial charge is 0.0622 e. The van der Waals surface area contributed by atoms with Crippen molar-refractivity contribution in [2.24, 2.45) is 0 Å². The van der Waals surface area contributed by atoms with Crippen LogP contribution in [0.4, 0.5) is 0 Å². The summed E-state index contributed by atoms with van der Waals surface area (Å²) in [5.74, 6) is 0. The summed E-state index contributed by atoms with van der Waals surface area (Å²) in [6.07, 6.45) is 8.78. The molecule has 0 heterocycles. The van der Waals surface area contributed by atoms with E-state index in [-0.39, 0.29) is 0 Å². The zero-order chi connectivity index (χ0) is 21.0. The first-order chi connectivity index (χ1) is 15.3. The number of hydrogen-bond acceptors (Lipinski definition) is 0. The average Bonchev–Trinajstić information content (AvgIpc) is 2.84. The van der Waals surface area contributed by atoms with Gasteiger partial charge in [0.15, 0.2) is 0 Å². The van der Waals surface area contributed by atoms with Gasteiger partial charge in [0.25, 0.3) is 0 Å². The van der Waals surface area contributed by atoms with Gasteiger partial charge in [-0.1, -0.05) is 127 Å². The van der Waals surface area contributed by atoms with Crippen LogP contribution in [0, 0.1) is 6.92 Å². The average molecular weight is 397 g/mol. The van der Waals surface area contributed by atoms with Gasteiger partial charge >= 0.3 is 0 Å². The quantitative estimate of drug-likeness (QED) is 0.211. The van der Waals surface area contributed by atoms with Crippen LogP contribution in [0.5, 0.6) is 0 Å². The minimum atomic E-state index is 1.20. The normalized spacial score (nSPS) is 11.8. The highest BCUT2D eigenvalue weighted by Gasteiger charge is 2.08. The van der Waals surface area contributed by atoms with E-state index in [1.54, 1.807) is 0 Å². The molecule has 0 nitrogen and oxygen atoms in total. The Morgan fingerprint density at radius 1 is 0.387 bits per heavy atom. The second kappa shape index (κ2) is 8.45. The molecule has 0 radical (unpaired) electrons. The van der Waals surface area contributed by atoms with Crippen molar-refractivity contribution in [2.45, 2.75) is 6.92 Å². The van der Waals surface area contributed by atoms with Gasteiger partial charge in [0.05, 0.1) is 0 Å². The molecule has 0 amide bonds. The van der Waals surface area contributed by atoms with Gasteiger partial charge in [-0.3, -0.25) is 0 Å². The van der Waals surface area contributed by atoms with Crippen LogP contribution in [-0.2, 0) is 0 Å². The molecule has 5 rings (SSSR count). The zero-order valence-electron chi connectivity index (χ0n) is 17.6. The monoisotopic (exact) mass is 396 g/mol. The second-order valence-corrected chi connectivity index (χ2v) is 7.87. The minimum Gasteiger partial charge on any atom is -0.0622 e. The van der Waals surface area contributed by atoms with Crippen molar-refractivity contribution in [1.82, 2.24) is 0 Å². The lowest BCUT2D eigenvalue weighted by molar-refractivity contribution is 1.57. The van der Waals surface area contributed by atoms with E-state index < -0.39 is 0 Å². The van der Waals surface area contributed by atoms with Gasteiger partial charge in [-0.25, -0.2) is 0 Å². The van der Waals surface area contributed by atoms with Crippen molar-refractivity contribution in [3.8, 4) is 0 Å². The van der Waals surface area contributed by atoms with Gasteiger partial charge in [0, 0.05) is 0 Å².